The van der Waals surface area contributed by atoms with Crippen molar-refractivity contribution in [3.05, 3.63) is 72.0 Å². The molecule has 2 heterocycles. The lowest BCUT2D eigenvalue weighted by Crippen LogP contribution is -2.52. The molecule has 2 aromatic carbocycles. The Bertz CT molecular complexity index is 1240. The summed E-state index contributed by atoms with van der Waals surface area (Å²) >= 11 is 0. The number of aromatic nitrogens is 2. The predicted molar refractivity (Wildman–Crippen MR) is 138 cm³/mol. The fourth-order valence-corrected chi connectivity index (χ4v) is 4.48. The molecule has 1 saturated heterocycles. The molecule has 1 aromatic heterocycles. The molecule has 0 radical (unpaired) electrons. The Morgan fingerprint density at radius 1 is 1.00 bits per heavy atom. The van der Waals surface area contributed by atoms with E-state index in [0.29, 0.717) is 44.2 Å². The van der Waals surface area contributed by atoms with E-state index in [0.717, 1.165) is 35.7 Å². The van der Waals surface area contributed by atoms with Crippen LogP contribution >= 0.6 is 0 Å². The molecule has 8 nitrogen and oxygen atoms in total. The molecule has 2 aliphatic rings. The van der Waals surface area contributed by atoms with E-state index in [4.69, 9.17) is 4.74 Å². The number of nitrogens with zero attached hydrogens (tertiary/aromatic N) is 5. The van der Waals surface area contributed by atoms with Gasteiger partial charge in [-0.25, -0.2) is 4.39 Å². The predicted octanol–water partition coefficient (Wildman–Crippen LogP) is 3.49. The summed E-state index contributed by atoms with van der Waals surface area (Å²) in [6.07, 6.45) is 2.13. The van der Waals surface area contributed by atoms with E-state index in [2.05, 4.69) is 15.1 Å². The zero-order chi connectivity index (χ0) is 25.8. The van der Waals surface area contributed by atoms with Gasteiger partial charge in [0.15, 0.2) is 5.82 Å². The van der Waals surface area contributed by atoms with Gasteiger partial charge in [-0.2, -0.15) is 0 Å². The van der Waals surface area contributed by atoms with Gasteiger partial charge < -0.3 is 19.4 Å². The lowest BCUT2D eigenvalue weighted by molar-refractivity contribution is -0.132. The van der Waals surface area contributed by atoms with E-state index in [1.165, 1.54) is 24.3 Å². The van der Waals surface area contributed by atoms with Crippen LogP contribution < -0.4 is 9.64 Å². The average Bonchev–Trinajstić information content (AvgIpc) is 3.77. The second-order valence-corrected chi connectivity index (χ2v) is 9.51. The minimum absolute atomic E-state index is 0.0295. The van der Waals surface area contributed by atoms with Crippen LogP contribution in [-0.2, 0) is 4.79 Å². The van der Waals surface area contributed by atoms with Crippen molar-refractivity contribution in [1.82, 2.24) is 20.0 Å². The Morgan fingerprint density at radius 3 is 2.41 bits per heavy atom. The van der Waals surface area contributed by atoms with Gasteiger partial charge in [0.05, 0.1) is 12.8 Å². The van der Waals surface area contributed by atoms with Crippen molar-refractivity contribution < 1.29 is 18.7 Å². The number of piperazine rings is 1. The Balaban J connectivity index is 1.18. The molecular formula is C28H30FN5O3. The van der Waals surface area contributed by atoms with E-state index in [1.807, 2.05) is 36.4 Å². The minimum Gasteiger partial charge on any atom is -0.497 e. The molecule has 0 N–H and O–H groups in total. The zero-order valence-corrected chi connectivity index (χ0v) is 20.8. The van der Waals surface area contributed by atoms with Crippen molar-refractivity contribution in [2.45, 2.75) is 12.8 Å². The molecule has 37 heavy (non-hydrogen) atoms. The summed E-state index contributed by atoms with van der Waals surface area (Å²) in [4.78, 5) is 31.7. The van der Waals surface area contributed by atoms with Gasteiger partial charge in [0, 0.05) is 43.9 Å². The Labute approximate surface area is 215 Å². The van der Waals surface area contributed by atoms with E-state index in [9.17, 15) is 14.0 Å². The lowest BCUT2D eigenvalue weighted by atomic mass is 10.1. The second kappa shape index (κ2) is 10.9. The summed E-state index contributed by atoms with van der Waals surface area (Å²) in [5.41, 5.74) is 2.09. The number of amides is 2. The molecule has 192 valence electrons. The molecule has 0 bridgehead atoms. The zero-order valence-electron chi connectivity index (χ0n) is 20.8. The molecular weight excluding hydrogens is 473 g/mol. The summed E-state index contributed by atoms with van der Waals surface area (Å²) in [6, 6.07) is 17.1. The molecule has 5 rings (SSSR count). The first-order valence-corrected chi connectivity index (χ1v) is 12.6. The summed E-state index contributed by atoms with van der Waals surface area (Å²) in [5, 5.41) is 8.79. The van der Waals surface area contributed by atoms with Crippen molar-refractivity contribution in [2.24, 2.45) is 5.92 Å². The van der Waals surface area contributed by atoms with Gasteiger partial charge in [0.25, 0.3) is 5.91 Å². The first kappa shape index (κ1) is 24.7. The van der Waals surface area contributed by atoms with Gasteiger partial charge in [0.2, 0.25) is 5.91 Å². The molecule has 1 aliphatic carbocycles. The minimum atomic E-state index is -0.390. The maximum Gasteiger partial charge on any atom is 0.254 e. The largest absolute Gasteiger partial charge is 0.497 e. The highest BCUT2D eigenvalue weighted by Gasteiger charge is 2.30. The van der Waals surface area contributed by atoms with Crippen LogP contribution in [0.2, 0.25) is 0 Å². The van der Waals surface area contributed by atoms with Gasteiger partial charge >= 0.3 is 0 Å². The SMILES string of the molecule is COc1cccc(-c2ccc(N3CCN(C(=O)CN(CC4CC4)C(=O)c4ccc(F)cc4)CC3)nn2)c1. The van der Waals surface area contributed by atoms with Gasteiger partial charge in [-0.05, 0) is 67.3 Å². The standard InChI is InChI=1S/C28H30FN5O3/c1-37-24-4-2-3-22(17-24)25-11-12-26(31-30-25)32-13-15-33(16-14-32)27(35)19-34(18-20-5-6-20)28(36)21-7-9-23(29)10-8-21/h2-4,7-12,17,20H,5-6,13-16,18-19H2,1H3. The van der Waals surface area contributed by atoms with Crippen LogP contribution in [0.4, 0.5) is 10.2 Å². The van der Waals surface area contributed by atoms with Gasteiger partial charge in [-0.1, -0.05) is 12.1 Å². The van der Waals surface area contributed by atoms with Crippen molar-refractivity contribution in [3.63, 3.8) is 0 Å². The molecule has 0 atom stereocenters. The van der Waals surface area contributed by atoms with Crippen LogP contribution in [0, 0.1) is 11.7 Å². The monoisotopic (exact) mass is 503 g/mol. The summed E-state index contributed by atoms with van der Waals surface area (Å²) in [6.45, 7) is 2.93. The number of carbonyl (C=O) groups is 2. The number of carbonyl (C=O) groups excluding carboxylic acids is 2. The van der Waals surface area contributed by atoms with Gasteiger partial charge in [0.1, 0.15) is 18.1 Å². The third-order valence-electron chi connectivity index (χ3n) is 6.85. The summed E-state index contributed by atoms with van der Waals surface area (Å²) < 4.78 is 18.6. The van der Waals surface area contributed by atoms with Crippen LogP contribution in [0.15, 0.2) is 60.7 Å². The molecule has 3 aromatic rings. The average molecular weight is 504 g/mol. The molecule has 0 unspecified atom stereocenters. The van der Waals surface area contributed by atoms with E-state index >= 15 is 0 Å². The highest BCUT2D eigenvalue weighted by molar-refractivity contribution is 5.96. The van der Waals surface area contributed by atoms with Crippen molar-refractivity contribution in [3.8, 4) is 17.0 Å². The highest BCUT2D eigenvalue weighted by Crippen LogP contribution is 2.30. The van der Waals surface area contributed by atoms with Crippen LogP contribution in [0.25, 0.3) is 11.3 Å². The van der Waals surface area contributed by atoms with Crippen molar-refractivity contribution in [1.29, 1.82) is 0 Å². The topological polar surface area (TPSA) is 78.9 Å². The second-order valence-electron chi connectivity index (χ2n) is 9.51. The fraction of sp³-hybridized carbons (Fsp3) is 0.357. The van der Waals surface area contributed by atoms with Crippen LogP contribution in [0.1, 0.15) is 23.2 Å². The molecule has 2 amide bonds. The fourth-order valence-electron chi connectivity index (χ4n) is 4.48. The van der Waals surface area contributed by atoms with Crippen LogP contribution in [-0.4, -0.2) is 78.2 Å². The Kier molecular flexibility index (Phi) is 7.30. The molecule has 1 saturated carbocycles. The maximum atomic E-state index is 13.3. The summed E-state index contributed by atoms with van der Waals surface area (Å²) in [7, 11) is 1.63. The highest BCUT2D eigenvalue weighted by atomic mass is 19.1. The lowest BCUT2D eigenvalue weighted by Gasteiger charge is -2.36. The quantitative estimate of drug-likeness (QED) is 0.468. The van der Waals surface area contributed by atoms with Crippen molar-refractivity contribution >= 4 is 17.6 Å². The molecule has 1 aliphatic heterocycles. The van der Waals surface area contributed by atoms with Gasteiger partial charge in [-0.15, -0.1) is 10.2 Å². The summed E-state index contributed by atoms with van der Waals surface area (Å²) in [5.74, 6) is 1.27. The van der Waals surface area contributed by atoms with Crippen LogP contribution in [0.3, 0.4) is 0 Å². The first-order chi connectivity index (χ1) is 18.0. The Hall–Kier alpha value is -4.01. The number of anilines is 1. The van der Waals surface area contributed by atoms with Crippen molar-refractivity contribution in [2.75, 3.05) is 51.3 Å². The normalized spacial score (nSPS) is 15.4. The number of methoxy groups -OCH3 is 1. The number of ether oxygens (including phenoxy) is 1. The third kappa shape index (κ3) is 6.04. The smallest absolute Gasteiger partial charge is 0.254 e. The Morgan fingerprint density at radius 2 is 1.76 bits per heavy atom. The van der Waals surface area contributed by atoms with E-state index in [1.54, 1.807) is 16.9 Å². The molecule has 2 fully saturated rings. The maximum absolute atomic E-state index is 13.3. The molecule has 9 heteroatoms. The number of rotatable bonds is 8. The number of hydrogen-bond acceptors (Lipinski definition) is 6. The molecule has 0 spiro atoms. The van der Waals surface area contributed by atoms with Gasteiger partial charge in [-0.3, -0.25) is 9.59 Å². The number of halogens is 1. The first-order valence-electron chi connectivity index (χ1n) is 12.6. The number of benzene rings is 2. The van der Waals surface area contributed by atoms with E-state index in [-0.39, 0.29) is 24.2 Å². The van der Waals surface area contributed by atoms with E-state index < -0.39 is 0 Å². The number of hydrogen-bond donors (Lipinski definition) is 0. The third-order valence-corrected chi connectivity index (χ3v) is 6.85. The van der Waals surface area contributed by atoms with Crippen LogP contribution in [0.5, 0.6) is 5.75 Å².